The van der Waals surface area contributed by atoms with Crippen molar-refractivity contribution in [1.29, 1.82) is 0 Å². The van der Waals surface area contributed by atoms with Gasteiger partial charge in [-0.15, -0.1) is 0 Å². The summed E-state index contributed by atoms with van der Waals surface area (Å²) in [5, 5.41) is 23.2. The highest BCUT2D eigenvalue weighted by molar-refractivity contribution is 5.76. The normalized spacial score (nSPS) is 12.7. The molecule has 454 valence electrons. The lowest BCUT2D eigenvalue weighted by Crippen LogP contribution is -2.45. The van der Waals surface area contributed by atoms with E-state index >= 15 is 0 Å². The van der Waals surface area contributed by atoms with E-state index in [-0.39, 0.29) is 18.5 Å². The number of aliphatic hydroxyl groups is 2. The zero-order valence-corrected chi connectivity index (χ0v) is 52.0. The zero-order valence-electron chi connectivity index (χ0n) is 52.0. The van der Waals surface area contributed by atoms with Crippen molar-refractivity contribution in [3.63, 3.8) is 0 Å². The fourth-order valence-corrected chi connectivity index (χ4v) is 10.8. The van der Waals surface area contributed by atoms with Gasteiger partial charge in [0.25, 0.3) is 0 Å². The summed E-state index contributed by atoms with van der Waals surface area (Å²) in [7, 11) is 0. The third kappa shape index (κ3) is 63.1. The first-order valence-corrected chi connectivity index (χ1v) is 34.8. The van der Waals surface area contributed by atoms with Crippen molar-refractivity contribution in [3.05, 3.63) is 36.5 Å². The van der Waals surface area contributed by atoms with Crippen molar-refractivity contribution in [1.82, 2.24) is 5.32 Å². The van der Waals surface area contributed by atoms with Crippen molar-refractivity contribution in [2.24, 2.45) is 0 Å². The van der Waals surface area contributed by atoms with Crippen molar-refractivity contribution in [2.75, 3.05) is 13.2 Å². The standard InChI is InChI=1S/C71H135NO5/c1-3-5-7-9-11-13-15-17-19-21-32-35-39-43-47-51-55-59-63-69(74)68(67-73)72-70(75)64-60-56-52-48-44-40-36-33-29-27-25-23-22-24-26-28-30-34-38-42-46-50-54-58-62-66-77-71(76)65-61-57-53-49-45-41-37-31-20-18-16-14-12-10-8-6-4-2/h23-26,59,63,68-69,73-74H,3-22,27-58,60-62,64-67H2,1-2H3,(H,72,75)/b25-23-,26-24-,63-59+. The van der Waals surface area contributed by atoms with E-state index < -0.39 is 12.1 Å². The van der Waals surface area contributed by atoms with Gasteiger partial charge in [-0.1, -0.05) is 339 Å². The first-order valence-electron chi connectivity index (χ1n) is 34.8. The largest absolute Gasteiger partial charge is 0.466 e. The van der Waals surface area contributed by atoms with Crippen LogP contribution in [0.1, 0.15) is 380 Å². The molecule has 2 unspecified atom stereocenters. The van der Waals surface area contributed by atoms with Gasteiger partial charge in [0.05, 0.1) is 25.4 Å². The lowest BCUT2D eigenvalue weighted by Gasteiger charge is -2.20. The lowest BCUT2D eigenvalue weighted by molar-refractivity contribution is -0.143. The van der Waals surface area contributed by atoms with Crippen molar-refractivity contribution < 1.29 is 24.5 Å². The molecule has 3 N–H and O–H groups in total. The first kappa shape index (κ1) is 75.1. The van der Waals surface area contributed by atoms with E-state index in [0.717, 1.165) is 44.9 Å². The summed E-state index contributed by atoms with van der Waals surface area (Å²) in [6.45, 7) is 4.93. The number of nitrogens with one attached hydrogen (secondary N) is 1. The van der Waals surface area contributed by atoms with E-state index in [9.17, 15) is 19.8 Å². The van der Waals surface area contributed by atoms with Crippen LogP contribution in [0.2, 0.25) is 0 Å². The van der Waals surface area contributed by atoms with Crippen molar-refractivity contribution in [3.8, 4) is 0 Å². The number of rotatable bonds is 65. The molecule has 0 rings (SSSR count). The molecule has 0 aromatic carbocycles. The molecule has 0 bridgehead atoms. The summed E-state index contributed by atoms with van der Waals surface area (Å²) in [4.78, 5) is 24.6. The maximum Gasteiger partial charge on any atom is 0.305 e. The van der Waals surface area contributed by atoms with Crippen LogP contribution in [0.3, 0.4) is 0 Å². The van der Waals surface area contributed by atoms with E-state index in [1.807, 2.05) is 6.08 Å². The Labute approximate surface area is 481 Å². The second-order valence-electron chi connectivity index (χ2n) is 23.9. The van der Waals surface area contributed by atoms with Crippen LogP contribution < -0.4 is 5.32 Å². The molecule has 2 atom stereocenters. The minimum absolute atomic E-state index is 0.0129. The van der Waals surface area contributed by atoms with Gasteiger partial charge in [-0.05, 0) is 64.2 Å². The fraction of sp³-hybridized carbons (Fsp3) is 0.887. The number of amides is 1. The number of allylic oxidation sites excluding steroid dienone is 5. The number of aliphatic hydroxyl groups excluding tert-OH is 2. The topological polar surface area (TPSA) is 95.9 Å². The third-order valence-corrected chi connectivity index (χ3v) is 16.2. The Morgan fingerprint density at radius 2 is 0.649 bits per heavy atom. The fourth-order valence-electron chi connectivity index (χ4n) is 10.8. The molecule has 6 heteroatoms. The quantitative estimate of drug-likeness (QED) is 0.0320. The average Bonchev–Trinajstić information content (AvgIpc) is 3.43. The molecule has 0 heterocycles. The number of ether oxygens (including phenoxy) is 1. The van der Waals surface area contributed by atoms with Crippen LogP contribution in [-0.2, 0) is 14.3 Å². The Balaban J connectivity index is 3.44. The predicted molar refractivity (Wildman–Crippen MR) is 338 cm³/mol. The van der Waals surface area contributed by atoms with Crippen LogP contribution in [0.5, 0.6) is 0 Å². The molecule has 0 aromatic rings. The summed E-state index contributed by atoms with van der Waals surface area (Å²) in [5.41, 5.74) is 0. The lowest BCUT2D eigenvalue weighted by atomic mass is 10.0. The highest BCUT2D eigenvalue weighted by atomic mass is 16.5. The number of carbonyl (C=O) groups excluding carboxylic acids is 2. The second-order valence-corrected chi connectivity index (χ2v) is 23.9. The maximum atomic E-state index is 12.5. The minimum atomic E-state index is -0.849. The summed E-state index contributed by atoms with van der Waals surface area (Å²) < 4.78 is 5.50. The Kier molecular flexibility index (Phi) is 64.9. The molecule has 0 fully saturated rings. The van der Waals surface area contributed by atoms with E-state index in [0.29, 0.717) is 19.4 Å². The van der Waals surface area contributed by atoms with Crippen LogP contribution >= 0.6 is 0 Å². The molecule has 1 amide bonds. The number of hydrogen-bond donors (Lipinski definition) is 3. The van der Waals surface area contributed by atoms with Crippen LogP contribution in [-0.4, -0.2) is 47.4 Å². The molecule has 0 radical (unpaired) electrons. The maximum absolute atomic E-state index is 12.5. The molecule has 0 aliphatic rings. The molecule has 0 aliphatic heterocycles. The van der Waals surface area contributed by atoms with Gasteiger partial charge in [-0.3, -0.25) is 9.59 Å². The van der Waals surface area contributed by atoms with Crippen molar-refractivity contribution in [2.45, 2.75) is 392 Å². The molecular formula is C71H135NO5. The molecular weight excluding hydrogens is 947 g/mol. The molecule has 0 saturated heterocycles. The van der Waals surface area contributed by atoms with Gasteiger partial charge in [-0.25, -0.2) is 0 Å². The number of esters is 1. The van der Waals surface area contributed by atoms with E-state index in [4.69, 9.17) is 4.74 Å². The van der Waals surface area contributed by atoms with Gasteiger partial charge < -0.3 is 20.3 Å². The SMILES string of the molecule is CCCCCCCCCCCCCCCCCC/C=C/C(O)C(CO)NC(=O)CCCCCCCCCCC/C=C\C/C=C\CCCCCCCCCCCOC(=O)CCCCCCCCCCCCCCCCCCC. The summed E-state index contributed by atoms with van der Waals surface area (Å²) in [6, 6.07) is -0.633. The Morgan fingerprint density at radius 1 is 0.364 bits per heavy atom. The third-order valence-electron chi connectivity index (χ3n) is 16.2. The van der Waals surface area contributed by atoms with Crippen molar-refractivity contribution >= 4 is 11.9 Å². The van der Waals surface area contributed by atoms with Gasteiger partial charge in [0.15, 0.2) is 0 Å². The Morgan fingerprint density at radius 3 is 0.987 bits per heavy atom. The van der Waals surface area contributed by atoms with Crippen LogP contribution in [0, 0.1) is 0 Å². The van der Waals surface area contributed by atoms with Crippen LogP contribution in [0.25, 0.3) is 0 Å². The first-order chi connectivity index (χ1) is 38.0. The number of carbonyl (C=O) groups is 2. The molecule has 0 aromatic heterocycles. The van der Waals surface area contributed by atoms with Crippen LogP contribution in [0.15, 0.2) is 36.5 Å². The predicted octanol–water partition coefficient (Wildman–Crippen LogP) is 22.3. The molecule has 0 spiro atoms. The smallest absolute Gasteiger partial charge is 0.305 e. The van der Waals surface area contributed by atoms with E-state index in [2.05, 4.69) is 43.5 Å². The van der Waals surface area contributed by atoms with E-state index in [1.165, 1.54) is 308 Å². The molecule has 0 saturated carbocycles. The average molecular weight is 1080 g/mol. The van der Waals surface area contributed by atoms with E-state index in [1.54, 1.807) is 6.08 Å². The van der Waals surface area contributed by atoms with Gasteiger partial charge in [-0.2, -0.15) is 0 Å². The van der Waals surface area contributed by atoms with Gasteiger partial charge >= 0.3 is 5.97 Å². The summed E-state index contributed by atoms with van der Waals surface area (Å²) >= 11 is 0. The monoisotopic (exact) mass is 1080 g/mol. The number of unbranched alkanes of at least 4 members (excludes halogenated alkanes) is 50. The van der Waals surface area contributed by atoms with Gasteiger partial charge in [0.1, 0.15) is 0 Å². The van der Waals surface area contributed by atoms with Crippen LogP contribution in [0.4, 0.5) is 0 Å². The highest BCUT2D eigenvalue weighted by Gasteiger charge is 2.18. The zero-order chi connectivity index (χ0) is 55.7. The molecule has 6 nitrogen and oxygen atoms in total. The highest BCUT2D eigenvalue weighted by Crippen LogP contribution is 2.18. The second kappa shape index (κ2) is 66.6. The van der Waals surface area contributed by atoms with Gasteiger partial charge in [0, 0.05) is 12.8 Å². The minimum Gasteiger partial charge on any atom is -0.466 e. The van der Waals surface area contributed by atoms with Gasteiger partial charge in [0.2, 0.25) is 5.91 Å². The summed E-state index contributed by atoms with van der Waals surface area (Å²) in [5.74, 6) is -0.0585. The number of hydrogen-bond acceptors (Lipinski definition) is 5. The molecule has 0 aliphatic carbocycles. The summed E-state index contributed by atoms with van der Waals surface area (Å²) in [6.07, 6.45) is 85.0. The Bertz CT molecular complexity index is 1250. The Hall–Kier alpha value is -1.92. The molecule has 77 heavy (non-hydrogen) atoms.